The van der Waals surface area contributed by atoms with Crippen LogP contribution in [-0.2, 0) is 0 Å². The molecule has 0 aliphatic carbocycles. The number of ether oxygens (including phenoxy) is 1. The van der Waals surface area contributed by atoms with E-state index in [4.69, 9.17) is 10.5 Å². The van der Waals surface area contributed by atoms with Crippen LogP contribution >= 0.6 is 11.3 Å². The predicted molar refractivity (Wildman–Crippen MR) is 93.9 cm³/mol. The van der Waals surface area contributed by atoms with E-state index in [0.717, 1.165) is 22.7 Å². The maximum atomic E-state index is 12.1. The molecule has 6 heteroatoms. The van der Waals surface area contributed by atoms with Gasteiger partial charge in [0.1, 0.15) is 16.5 Å². The van der Waals surface area contributed by atoms with Gasteiger partial charge < -0.3 is 15.8 Å². The number of nitrogens with zero attached hydrogens (tertiary/aromatic N) is 1. The van der Waals surface area contributed by atoms with Crippen molar-refractivity contribution in [2.24, 2.45) is 5.73 Å². The van der Waals surface area contributed by atoms with Crippen molar-refractivity contribution in [1.82, 2.24) is 10.3 Å². The molecule has 0 aliphatic rings. The zero-order chi connectivity index (χ0) is 16.9. The van der Waals surface area contributed by atoms with Crippen LogP contribution in [0.25, 0.3) is 10.6 Å². The molecule has 0 radical (unpaired) electrons. The van der Waals surface area contributed by atoms with Crippen molar-refractivity contribution >= 4 is 17.2 Å². The van der Waals surface area contributed by atoms with Crippen LogP contribution in [0.15, 0.2) is 29.6 Å². The average Bonchev–Trinajstić information content (AvgIpc) is 3.00. The first-order chi connectivity index (χ1) is 10.9. The number of carbonyl (C=O) groups is 1. The van der Waals surface area contributed by atoms with Gasteiger partial charge in [0.25, 0.3) is 5.91 Å². The summed E-state index contributed by atoms with van der Waals surface area (Å²) in [4.78, 5) is 16.5. The number of amides is 1. The number of hydrogen-bond donors (Lipinski definition) is 2. The Morgan fingerprint density at radius 2 is 2.04 bits per heavy atom. The van der Waals surface area contributed by atoms with Gasteiger partial charge in [-0.15, -0.1) is 11.3 Å². The normalized spacial score (nSPS) is 11.3. The molecule has 2 aromatic rings. The summed E-state index contributed by atoms with van der Waals surface area (Å²) >= 11 is 1.44. The summed E-state index contributed by atoms with van der Waals surface area (Å²) in [6, 6.07) is 7.75. The molecule has 1 aromatic carbocycles. The van der Waals surface area contributed by atoms with E-state index in [-0.39, 0.29) is 5.91 Å². The van der Waals surface area contributed by atoms with Crippen molar-refractivity contribution in [3.63, 3.8) is 0 Å². The molecule has 23 heavy (non-hydrogen) atoms. The SMILES string of the molecule is CCCOc1ccc(-c2nc(C(=O)NCC(C)(C)N)cs2)cc1. The van der Waals surface area contributed by atoms with E-state index in [1.165, 1.54) is 11.3 Å². The Balaban J connectivity index is 2.02. The fraction of sp³-hybridized carbons (Fsp3) is 0.412. The smallest absolute Gasteiger partial charge is 0.270 e. The number of rotatable bonds is 7. The third kappa shape index (κ3) is 5.33. The van der Waals surface area contributed by atoms with Crippen LogP contribution in [0, 0.1) is 0 Å². The van der Waals surface area contributed by atoms with Crippen LogP contribution in [0.2, 0.25) is 0 Å². The molecule has 124 valence electrons. The Morgan fingerprint density at radius 1 is 1.35 bits per heavy atom. The Hall–Kier alpha value is -1.92. The van der Waals surface area contributed by atoms with Crippen molar-refractivity contribution in [2.45, 2.75) is 32.7 Å². The van der Waals surface area contributed by atoms with E-state index < -0.39 is 5.54 Å². The molecule has 5 nitrogen and oxygen atoms in total. The van der Waals surface area contributed by atoms with Gasteiger partial charge in [-0.05, 0) is 44.5 Å². The minimum atomic E-state index is -0.442. The Morgan fingerprint density at radius 3 is 2.65 bits per heavy atom. The number of nitrogens with two attached hydrogens (primary N) is 1. The van der Waals surface area contributed by atoms with Crippen LogP contribution in [0.5, 0.6) is 5.75 Å². The van der Waals surface area contributed by atoms with E-state index >= 15 is 0 Å². The molecule has 0 bridgehead atoms. The predicted octanol–water partition coefficient (Wildman–Crippen LogP) is 3.07. The number of aromatic nitrogens is 1. The van der Waals surface area contributed by atoms with E-state index in [1.807, 2.05) is 38.1 Å². The van der Waals surface area contributed by atoms with Crippen molar-refractivity contribution in [2.75, 3.05) is 13.2 Å². The summed E-state index contributed by atoms with van der Waals surface area (Å²) in [5, 5.41) is 5.37. The summed E-state index contributed by atoms with van der Waals surface area (Å²) in [6.07, 6.45) is 0.978. The van der Waals surface area contributed by atoms with Crippen LogP contribution in [0.3, 0.4) is 0 Å². The minimum absolute atomic E-state index is 0.200. The van der Waals surface area contributed by atoms with E-state index in [2.05, 4.69) is 17.2 Å². The first-order valence-corrected chi connectivity index (χ1v) is 8.53. The van der Waals surface area contributed by atoms with Gasteiger partial charge in [-0.25, -0.2) is 4.98 Å². The largest absolute Gasteiger partial charge is 0.494 e. The van der Waals surface area contributed by atoms with Crippen LogP contribution in [0.4, 0.5) is 0 Å². The van der Waals surface area contributed by atoms with Crippen LogP contribution < -0.4 is 15.8 Å². The highest BCUT2D eigenvalue weighted by Crippen LogP contribution is 2.25. The zero-order valence-electron chi connectivity index (χ0n) is 13.8. The lowest BCUT2D eigenvalue weighted by atomic mass is 10.1. The second kappa shape index (κ2) is 7.57. The van der Waals surface area contributed by atoms with Crippen LogP contribution in [0.1, 0.15) is 37.7 Å². The molecule has 0 atom stereocenters. The molecule has 0 unspecified atom stereocenters. The van der Waals surface area contributed by atoms with Gasteiger partial charge >= 0.3 is 0 Å². The van der Waals surface area contributed by atoms with Gasteiger partial charge in [-0.1, -0.05) is 6.92 Å². The fourth-order valence-corrected chi connectivity index (χ4v) is 2.63. The van der Waals surface area contributed by atoms with Crippen molar-refractivity contribution in [3.8, 4) is 16.3 Å². The standard InChI is InChI=1S/C17H23N3O2S/c1-4-9-22-13-7-5-12(6-8-13)16-20-14(10-23-16)15(21)19-11-17(2,3)18/h5-8,10H,4,9,11,18H2,1-3H3,(H,19,21). The monoisotopic (exact) mass is 333 g/mol. The van der Waals surface area contributed by atoms with Gasteiger partial charge in [-0.2, -0.15) is 0 Å². The Bertz CT molecular complexity index is 645. The number of nitrogens with one attached hydrogen (secondary N) is 1. The Labute approximate surface area is 140 Å². The first kappa shape index (κ1) is 17.4. The molecule has 0 aliphatic heterocycles. The molecule has 3 N–H and O–H groups in total. The molecule has 0 saturated carbocycles. The number of carbonyl (C=O) groups excluding carboxylic acids is 1. The summed E-state index contributed by atoms with van der Waals surface area (Å²) in [5.74, 6) is 0.643. The number of benzene rings is 1. The number of hydrogen-bond acceptors (Lipinski definition) is 5. The quantitative estimate of drug-likeness (QED) is 0.816. The van der Waals surface area contributed by atoms with Gasteiger partial charge in [0.05, 0.1) is 6.61 Å². The highest BCUT2D eigenvalue weighted by molar-refractivity contribution is 7.13. The maximum Gasteiger partial charge on any atom is 0.270 e. The third-order valence-corrected chi connectivity index (χ3v) is 3.91. The molecule has 1 amide bonds. The van der Waals surface area contributed by atoms with Gasteiger partial charge in [0.2, 0.25) is 0 Å². The Kier molecular flexibility index (Phi) is 5.74. The first-order valence-electron chi connectivity index (χ1n) is 7.65. The number of thiazole rings is 1. The van der Waals surface area contributed by atoms with Gasteiger partial charge in [0, 0.05) is 23.0 Å². The summed E-state index contributed by atoms with van der Waals surface area (Å²) in [7, 11) is 0. The third-order valence-electron chi connectivity index (χ3n) is 3.02. The molecular formula is C17H23N3O2S. The summed E-state index contributed by atoms with van der Waals surface area (Å²) in [5.41, 5.74) is 6.81. The summed E-state index contributed by atoms with van der Waals surface area (Å²) in [6.45, 7) is 6.91. The second-order valence-electron chi connectivity index (χ2n) is 6.08. The van der Waals surface area contributed by atoms with E-state index in [0.29, 0.717) is 18.8 Å². The molecule has 0 spiro atoms. The minimum Gasteiger partial charge on any atom is -0.494 e. The molecule has 1 heterocycles. The molecular weight excluding hydrogens is 310 g/mol. The zero-order valence-corrected chi connectivity index (χ0v) is 14.6. The molecule has 0 saturated heterocycles. The van der Waals surface area contributed by atoms with E-state index in [9.17, 15) is 4.79 Å². The molecule has 0 fully saturated rings. The fourth-order valence-electron chi connectivity index (χ4n) is 1.82. The highest BCUT2D eigenvalue weighted by atomic mass is 32.1. The summed E-state index contributed by atoms with van der Waals surface area (Å²) < 4.78 is 5.56. The average molecular weight is 333 g/mol. The molecule has 1 aromatic heterocycles. The molecule has 2 rings (SSSR count). The maximum absolute atomic E-state index is 12.1. The van der Waals surface area contributed by atoms with Crippen molar-refractivity contribution in [1.29, 1.82) is 0 Å². The van der Waals surface area contributed by atoms with Crippen molar-refractivity contribution < 1.29 is 9.53 Å². The lowest BCUT2D eigenvalue weighted by Crippen LogP contribution is -2.45. The lowest BCUT2D eigenvalue weighted by molar-refractivity contribution is 0.0942. The van der Waals surface area contributed by atoms with Crippen molar-refractivity contribution in [3.05, 3.63) is 35.3 Å². The van der Waals surface area contributed by atoms with Gasteiger partial charge in [-0.3, -0.25) is 4.79 Å². The van der Waals surface area contributed by atoms with Crippen LogP contribution in [-0.4, -0.2) is 29.6 Å². The topological polar surface area (TPSA) is 77.2 Å². The van der Waals surface area contributed by atoms with E-state index in [1.54, 1.807) is 5.38 Å². The van der Waals surface area contributed by atoms with Gasteiger partial charge in [0.15, 0.2) is 0 Å². The second-order valence-corrected chi connectivity index (χ2v) is 6.94. The lowest BCUT2D eigenvalue weighted by Gasteiger charge is -2.18. The highest BCUT2D eigenvalue weighted by Gasteiger charge is 2.16.